The van der Waals surface area contributed by atoms with Crippen LogP contribution in [-0.4, -0.2) is 116 Å². The average molecular weight is 795 g/mol. The molecule has 2 saturated heterocycles. The summed E-state index contributed by atoms with van der Waals surface area (Å²) in [6.07, 6.45) is 7.93. The highest BCUT2D eigenvalue weighted by Crippen LogP contribution is 2.37. The number of hydrogen-bond donors (Lipinski definition) is 2. The number of hydrogen-bond acceptors (Lipinski definition) is 11. The Labute approximate surface area is 330 Å². The fraction of sp³-hybridized carbons (Fsp3) is 0.400. The van der Waals surface area contributed by atoms with Crippen molar-refractivity contribution in [3.05, 3.63) is 77.9 Å². The number of piperazine rings is 1. The molecule has 3 fully saturated rings. The highest BCUT2D eigenvalue weighted by atomic mass is 19.3. The van der Waals surface area contributed by atoms with Crippen LogP contribution in [0.25, 0.3) is 16.6 Å². The van der Waals surface area contributed by atoms with Gasteiger partial charge in [-0.15, -0.1) is 0 Å². The van der Waals surface area contributed by atoms with E-state index in [-0.39, 0.29) is 47.0 Å². The number of carbonyl (C=O) groups is 5. The van der Waals surface area contributed by atoms with Crippen molar-refractivity contribution in [2.45, 2.75) is 57.0 Å². The number of amides is 5. The van der Waals surface area contributed by atoms with Crippen molar-refractivity contribution in [1.29, 1.82) is 0 Å². The summed E-state index contributed by atoms with van der Waals surface area (Å²) in [6, 6.07) is 9.38. The van der Waals surface area contributed by atoms with Crippen molar-refractivity contribution in [2.75, 3.05) is 49.5 Å². The standard InChI is InChI=1S/C40H40F2N10O6/c41-34(42)22-58-33-18-30-24(16-31(33)45-37(54)29-19-44-50-11-1-10-43-36(29)50)21-51(47-30)25-4-2-23(3-5-25)20-48-12-14-49(15-13-48)26-6-7-27-28(17-26)40(57)52(39(27)56)32-8-9-35(53)46-38(32)55/h1,6-7,10-11,16-19,21,23,25,32,34H,2-5,8-9,12-15,20,22H2,(H,45,54)(H,46,53,55). The number of aromatic nitrogens is 5. The van der Waals surface area contributed by atoms with Crippen LogP contribution in [0.5, 0.6) is 5.75 Å². The third-order valence-electron chi connectivity index (χ3n) is 11.6. The van der Waals surface area contributed by atoms with E-state index in [1.807, 2.05) is 16.9 Å². The van der Waals surface area contributed by atoms with E-state index >= 15 is 0 Å². The van der Waals surface area contributed by atoms with Gasteiger partial charge in [0.15, 0.2) is 5.65 Å². The molecule has 0 spiro atoms. The monoisotopic (exact) mass is 794 g/mol. The van der Waals surface area contributed by atoms with Gasteiger partial charge in [-0.1, -0.05) is 0 Å². The number of carbonyl (C=O) groups excluding carboxylic acids is 5. The molecule has 9 rings (SSSR count). The lowest BCUT2D eigenvalue weighted by Gasteiger charge is -2.39. The first kappa shape index (κ1) is 37.3. The van der Waals surface area contributed by atoms with E-state index in [1.165, 1.54) is 10.7 Å². The number of ether oxygens (including phenoxy) is 1. The van der Waals surface area contributed by atoms with E-state index in [0.717, 1.165) is 74.4 Å². The number of nitrogens with one attached hydrogen (secondary N) is 2. The minimum absolute atomic E-state index is 0.0733. The van der Waals surface area contributed by atoms with E-state index in [4.69, 9.17) is 9.84 Å². The fourth-order valence-electron chi connectivity index (χ4n) is 8.61. The summed E-state index contributed by atoms with van der Waals surface area (Å²) in [4.78, 5) is 73.7. The second-order valence-corrected chi connectivity index (χ2v) is 15.3. The molecule has 3 aromatic heterocycles. The fourth-order valence-corrected chi connectivity index (χ4v) is 8.61. The summed E-state index contributed by atoms with van der Waals surface area (Å²) in [5.41, 5.74) is 2.81. The van der Waals surface area contributed by atoms with Crippen LogP contribution in [-0.2, 0) is 9.59 Å². The SMILES string of the molecule is O=C1CCC(N2C(=O)c3ccc(N4CCN(CC5CCC(n6cc7cc(NC(=O)c8cnn9cccnc89)c(OCC(F)F)cc7n6)CC5)CC4)cc3C2=O)C(=O)N1. The Hall–Kier alpha value is -6.30. The van der Waals surface area contributed by atoms with Crippen LogP contribution in [0, 0.1) is 5.92 Å². The van der Waals surface area contributed by atoms with E-state index in [1.54, 1.807) is 42.7 Å². The quantitative estimate of drug-likeness (QED) is 0.196. The minimum atomic E-state index is -2.70. The largest absolute Gasteiger partial charge is 0.485 e. The number of rotatable bonds is 10. The van der Waals surface area contributed by atoms with E-state index < -0.39 is 48.6 Å². The molecule has 2 N–H and O–H groups in total. The molecule has 0 bridgehead atoms. The maximum absolute atomic E-state index is 13.3. The number of halogens is 2. The van der Waals surface area contributed by atoms with Crippen LogP contribution in [0.15, 0.2) is 61.2 Å². The van der Waals surface area contributed by atoms with Crippen LogP contribution in [0.1, 0.15) is 75.6 Å². The van der Waals surface area contributed by atoms with Crippen molar-refractivity contribution in [2.24, 2.45) is 5.92 Å². The number of anilines is 2. The molecular formula is C40H40F2N10O6. The molecule has 5 amide bonds. The second kappa shape index (κ2) is 15.2. The number of imide groups is 2. The van der Waals surface area contributed by atoms with Gasteiger partial charge in [-0.25, -0.2) is 18.3 Å². The maximum atomic E-state index is 13.3. The number of alkyl halides is 2. The summed E-state index contributed by atoms with van der Waals surface area (Å²) >= 11 is 0. The zero-order valence-corrected chi connectivity index (χ0v) is 31.4. The molecule has 1 saturated carbocycles. The van der Waals surface area contributed by atoms with Crippen molar-refractivity contribution in [1.82, 2.24) is 39.5 Å². The molecule has 1 aliphatic carbocycles. The van der Waals surface area contributed by atoms with Crippen molar-refractivity contribution >= 4 is 57.5 Å². The molecule has 2 aromatic carbocycles. The summed E-state index contributed by atoms with van der Waals surface area (Å²) < 4.78 is 35.2. The van der Waals surface area contributed by atoms with Crippen LogP contribution in [0.3, 0.4) is 0 Å². The van der Waals surface area contributed by atoms with Crippen LogP contribution >= 0.6 is 0 Å². The van der Waals surface area contributed by atoms with Gasteiger partial charge in [-0.3, -0.25) is 43.8 Å². The van der Waals surface area contributed by atoms with E-state index in [0.29, 0.717) is 17.1 Å². The summed E-state index contributed by atoms with van der Waals surface area (Å²) in [7, 11) is 0. The molecule has 6 heterocycles. The predicted octanol–water partition coefficient (Wildman–Crippen LogP) is 3.93. The van der Waals surface area contributed by atoms with Gasteiger partial charge in [0, 0.05) is 74.9 Å². The molecular weight excluding hydrogens is 754 g/mol. The first-order chi connectivity index (χ1) is 28.1. The van der Waals surface area contributed by atoms with Crippen LogP contribution < -0.4 is 20.3 Å². The van der Waals surface area contributed by atoms with E-state index in [2.05, 4.69) is 30.5 Å². The second-order valence-electron chi connectivity index (χ2n) is 15.3. The van der Waals surface area contributed by atoms with Crippen molar-refractivity contribution in [3.8, 4) is 5.75 Å². The molecule has 3 aliphatic heterocycles. The summed E-state index contributed by atoms with van der Waals surface area (Å²) in [5.74, 6) is -1.95. The Kier molecular flexibility index (Phi) is 9.79. The number of fused-ring (bicyclic) bond motifs is 3. The third-order valence-corrected chi connectivity index (χ3v) is 11.6. The summed E-state index contributed by atoms with van der Waals surface area (Å²) in [6.45, 7) is 3.34. The Morgan fingerprint density at radius 3 is 2.53 bits per heavy atom. The molecule has 18 heteroatoms. The maximum Gasteiger partial charge on any atom is 0.272 e. The van der Waals surface area contributed by atoms with Gasteiger partial charge < -0.3 is 15.0 Å². The predicted molar refractivity (Wildman–Crippen MR) is 205 cm³/mol. The Bertz CT molecular complexity index is 2450. The highest BCUT2D eigenvalue weighted by Gasteiger charge is 2.45. The third kappa shape index (κ3) is 7.12. The van der Waals surface area contributed by atoms with Gasteiger partial charge in [0.1, 0.15) is 24.0 Å². The minimum Gasteiger partial charge on any atom is -0.485 e. The van der Waals surface area contributed by atoms with Gasteiger partial charge in [-0.05, 0) is 68.4 Å². The first-order valence-corrected chi connectivity index (χ1v) is 19.5. The first-order valence-electron chi connectivity index (χ1n) is 19.5. The molecule has 1 unspecified atom stereocenters. The number of benzene rings is 2. The highest BCUT2D eigenvalue weighted by molar-refractivity contribution is 6.23. The molecule has 5 aromatic rings. The van der Waals surface area contributed by atoms with Crippen LogP contribution in [0.2, 0.25) is 0 Å². The van der Waals surface area contributed by atoms with E-state index in [9.17, 15) is 32.8 Å². The van der Waals surface area contributed by atoms with Gasteiger partial charge >= 0.3 is 0 Å². The molecule has 58 heavy (non-hydrogen) atoms. The van der Waals surface area contributed by atoms with Gasteiger partial charge in [0.2, 0.25) is 11.8 Å². The Morgan fingerprint density at radius 2 is 1.76 bits per heavy atom. The zero-order chi connectivity index (χ0) is 40.1. The Balaban J connectivity index is 0.800. The lowest BCUT2D eigenvalue weighted by atomic mass is 9.85. The summed E-state index contributed by atoms with van der Waals surface area (Å²) in [5, 5.41) is 14.7. The molecule has 4 aliphatic rings. The Morgan fingerprint density at radius 1 is 0.966 bits per heavy atom. The zero-order valence-electron chi connectivity index (χ0n) is 31.4. The molecule has 300 valence electrons. The number of nitrogens with zero attached hydrogens (tertiary/aromatic N) is 8. The lowest BCUT2D eigenvalue weighted by Crippen LogP contribution is -2.54. The van der Waals surface area contributed by atoms with Crippen molar-refractivity contribution < 1.29 is 37.5 Å². The topological polar surface area (TPSA) is 176 Å². The lowest BCUT2D eigenvalue weighted by molar-refractivity contribution is -0.136. The van der Waals surface area contributed by atoms with Crippen LogP contribution in [0.4, 0.5) is 20.2 Å². The van der Waals surface area contributed by atoms with Crippen molar-refractivity contribution in [3.63, 3.8) is 0 Å². The normalized spacial score (nSPS) is 21.6. The smallest absolute Gasteiger partial charge is 0.272 e. The number of piperidine rings is 1. The molecule has 1 atom stereocenters. The van der Waals surface area contributed by atoms with Gasteiger partial charge in [0.05, 0.1) is 34.6 Å². The molecule has 0 radical (unpaired) electrons. The van der Waals surface area contributed by atoms with Gasteiger partial charge in [0.25, 0.3) is 24.1 Å². The van der Waals surface area contributed by atoms with Gasteiger partial charge in [-0.2, -0.15) is 10.2 Å². The molecule has 16 nitrogen and oxygen atoms in total. The average Bonchev–Trinajstić information content (AvgIpc) is 3.91.